The van der Waals surface area contributed by atoms with Gasteiger partial charge in [-0.2, -0.15) is 5.10 Å². The van der Waals surface area contributed by atoms with Gasteiger partial charge in [0.05, 0.1) is 12.8 Å². The lowest BCUT2D eigenvalue weighted by molar-refractivity contribution is 0.0615. The van der Waals surface area contributed by atoms with E-state index in [1.165, 1.54) is 5.56 Å². The van der Waals surface area contributed by atoms with E-state index >= 15 is 0 Å². The fourth-order valence-electron chi connectivity index (χ4n) is 4.43. The van der Waals surface area contributed by atoms with Crippen molar-refractivity contribution >= 4 is 12.1 Å². The molecule has 0 saturated carbocycles. The van der Waals surface area contributed by atoms with E-state index in [-0.39, 0.29) is 11.3 Å². The van der Waals surface area contributed by atoms with Gasteiger partial charge in [0.1, 0.15) is 5.75 Å². The van der Waals surface area contributed by atoms with E-state index in [4.69, 9.17) is 15.0 Å². The lowest BCUT2D eigenvalue weighted by atomic mass is 9.74. The van der Waals surface area contributed by atoms with Crippen molar-refractivity contribution < 1.29 is 13.9 Å². The number of hydrazone groups is 1. The summed E-state index contributed by atoms with van der Waals surface area (Å²) in [5.74, 6) is 13.0. The molecular weight excluding hydrogens is 402 g/mol. The van der Waals surface area contributed by atoms with Gasteiger partial charge in [-0.3, -0.25) is 4.79 Å². The van der Waals surface area contributed by atoms with E-state index in [1.807, 2.05) is 47.4 Å². The Morgan fingerprint density at radius 2 is 1.88 bits per heavy atom. The van der Waals surface area contributed by atoms with Crippen LogP contribution in [0.3, 0.4) is 0 Å². The summed E-state index contributed by atoms with van der Waals surface area (Å²) in [4.78, 5) is 14.8. The Bertz CT molecular complexity index is 1230. The highest BCUT2D eigenvalue weighted by Gasteiger charge is 2.44. The Balaban J connectivity index is 1.27. The Kier molecular flexibility index (Phi) is 5.16. The molecule has 1 amide bonds. The minimum absolute atomic E-state index is 0.0833. The lowest BCUT2D eigenvalue weighted by Gasteiger charge is -2.38. The number of ether oxygens (including phenoxy) is 1. The van der Waals surface area contributed by atoms with E-state index in [0.29, 0.717) is 31.2 Å². The van der Waals surface area contributed by atoms with Crippen molar-refractivity contribution in [3.05, 3.63) is 88.9 Å². The molecule has 1 fully saturated rings. The second-order valence-electron chi connectivity index (χ2n) is 8.17. The summed E-state index contributed by atoms with van der Waals surface area (Å²) in [5.41, 5.74) is 2.95. The fourth-order valence-corrected chi connectivity index (χ4v) is 4.43. The number of nitrogens with zero attached hydrogens (tertiary/aromatic N) is 2. The summed E-state index contributed by atoms with van der Waals surface area (Å²) in [6, 6.07) is 19.1. The van der Waals surface area contributed by atoms with Crippen LogP contribution in [0.2, 0.25) is 0 Å². The van der Waals surface area contributed by atoms with Gasteiger partial charge in [0.15, 0.2) is 11.5 Å². The SMILES string of the molecule is NN=Cc1ccc2c(c1)C1(CCN(C(=O)c3ccc(C#Cc4ccccc4)o3)CC1)CO2. The van der Waals surface area contributed by atoms with Crippen molar-refractivity contribution in [3.63, 3.8) is 0 Å². The smallest absolute Gasteiger partial charge is 0.289 e. The van der Waals surface area contributed by atoms with E-state index in [1.54, 1.807) is 18.3 Å². The number of hydrogen-bond acceptors (Lipinski definition) is 5. The first-order valence-electron chi connectivity index (χ1n) is 10.6. The van der Waals surface area contributed by atoms with Gasteiger partial charge in [0.25, 0.3) is 5.91 Å². The molecule has 0 aliphatic carbocycles. The van der Waals surface area contributed by atoms with Crippen molar-refractivity contribution in [3.8, 4) is 17.6 Å². The maximum Gasteiger partial charge on any atom is 0.289 e. The van der Waals surface area contributed by atoms with Gasteiger partial charge < -0.3 is 19.9 Å². The minimum Gasteiger partial charge on any atom is -0.492 e. The van der Waals surface area contributed by atoms with Crippen molar-refractivity contribution in [2.24, 2.45) is 10.9 Å². The molecule has 1 spiro atoms. The third-order valence-electron chi connectivity index (χ3n) is 6.23. The second-order valence-corrected chi connectivity index (χ2v) is 8.17. The van der Waals surface area contributed by atoms with Crippen molar-refractivity contribution in [2.75, 3.05) is 19.7 Å². The van der Waals surface area contributed by atoms with Crippen LogP contribution in [0.15, 0.2) is 70.2 Å². The highest BCUT2D eigenvalue weighted by Crippen LogP contribution is 2.45. The summed E-state index contributed by atoms with van der Waals surface area (Å²) >= 11 is 0. The molecule has 5 rings (SSSR count). The molecule has 6 heteroatoms. The summed E-state index contributed by atoms with van der Waals surface area (Å²) < 4.78 is 11.7. The molecule has 160 valence electrons. The van der Waals surface area contributed by atoms with Gasteiger partial charge in [-0.25, -0.2) is 0 Å². The number of benzene rings is 2. The Morgan fingerprint density at radius 3 is 2.66 bits per heavy atom. The van der Waals surface area contributed by atoms with E-state index < -0.39 is 0 Å². The highest BCUT2D eigenvalue weighted by molar-refractivity contribution is 5.91. The van der Waals surface area contributed by atoms with Crippen LogP contribution in [-0.4, -0.2) is 36.7 Å². The van der Waals surface area contributed by atoms with Gasteiger partial charge in [-0.15, -0.1) is 0 Å². The molecule has 1 aromatic heterocycles. The number of furan rings is 1. The van der Waals surface area contributed by atoms with Gasteiger partial charge in [0, 0.05) is 29.6 Å². The first-order valence-corrected chi connectivity index (χ1v) is 10.6. The third-order valence-corrected chi connectivity index (χ3v) is 6.23. The van der Waals surface area contributed by atoms with Crippen molar-refractivity contribution in [1.29, 1.82) is 0 Å². The van der Waals surface area contributed by atoms with Crippen LogP contribution in [0.25, 0.3) is 0 Å². The number of amides is 1. The standard InChI is InChI=1S/C26H23N3O3/c27-28-17-20-7-10-23-22(16-20)26(18-31-23)12-14-29(15-13-26)25(30)24-11-9-21(32-24)8-6-19-4-2-1-3-5-19/h1-5,7,9-11,16-17H,12-15,18,27H2. The number of rotatable bonds is 2. The zero-order valence-electron chi connectivity index (χ0n) is 17.6. The summed E-state index contributed by atoms with van der Waals surface area (Å²) in [5, 5.41) is 3.63. The first kappa shape index (κ1) is 20.0. The molecule has 1 saturated heterocycles. The van der Waals surface area contributed by atoms with Gasteiger partial charge in [-0.1, -0.05) is 24.1 Å². The first-order chi connectivity index (χ1) is 15.7. The molecule has 0 bridgehead atoms. The number of fused-ring (bicyclic) bond motifs is 2. The van der Waals surface area contributed by atoms with E-state index in [2.05, 4.69) is 23.0 Å². The number of nitrogens with two attached hydrogens (primary N) is 1. The van der Waals surface area contributed by atoms with Crippen LogP contribution in [0.1, 0.15) is 45.8 Å². The van der Waals surface area contributed by atoms with Gasteiger partial charge in [0.2, 0.25) is 0 Å². The topological polar surface area (TPSA) is 81.1 Å². The van der Waals surface area contributed by atoms with Crippen molar-refractivity contribution in [2.45, 2.75) is 18.3 Å². The number of carbonyl (C=O) groups is 1. The van der Waals surface area contributed by atoms with E-state index in [0.717, 1.165) is 29.7 Å². The van der Waals surface area contributed by atoms with Crippen LogP contribution in [0, 0.1) is 11.8 Å². The summed E-state index contributed by atoms with van der Waals surface area (Å²) in [6.07, 6.45) is 3.30. The predicted octanol–water partition coefficient (Wildman–Crippen LogP) is 3.54. The van der Waals surface area contributed by atoms with Crippen LogP contribution >= 0.6 is 0 Å². The highest BCUT2D eigenvalue weighted by atomic mass is 16.5. The van der Waals surface area contributed by atoms with Crippen LogP contribution in [-0.2, 0) is 5.41 Å². The number of likely N-dealkylation sites (tertiary alicyclic amines) is 1. The third kappa shape index (κ3) is 3.74. The fraction of sp³-hybridized carbons (Fsp3) is 0.231. The molecular formula is C26H23N3O3. The molecule has 3 aromatic rings. The average molecular weight is 425 g/mol. The summed E-state index contributed by atoms with van der Waals surface area (Å²) in [7, 11) is 0. The molecule has 6 nitrogen and oxygen atoms in total. The Morgan fingerprint density at radius 1 is 1.06 bits per heavy atom. The summed E-state index contributed by atoms with van der Waals surface area (Å²) in [6.45, 7) is 1.92. The number of piperidine rings is 1. The average Bonchev–Trinajstić information content (AvgIpc) is 3.44. The largest absolute Gasteiger partial charge is 0.492 e. The predicted molar refractivity (Wildman–Crippen MR) is 122 cm³/mol. The van der Waals surface area contributed by atoms with Gasteiger partial charge >= 0.3 is 0 Å². The lowest BCUT2D eigenvalue weighted by Crippen LogP contribution is -2.46. The van der Waals surface area contributed by atoms with E-state index in [9.17, 15) is 4.79 Å². The maximum atomic E-state index is 13.0. The molecule has 0 radical (unpaired) electrons. The molecule has 2 aliphatic rings. The Hall–Kier alpha value is -3.98. The molecule has 2 aromatic carbocycles. The zero-order valence-corrected chi connectivity index (χ0v) is 17.6. The van der Waals surface area contributed by atoms with Crippen LogP contribution < -0.4 is 10.6 Å². The second kappa shape index (κ2) is 8.27. The van der Waals surface area contributed by atoms with Crippen LogP contribution in [0.4, 0.5) is 0 Å². The molecule has 0 atom stereocenters. The molecule has 0 unspecified atom stereocenters. The minimum atomic E-state index is -0.101. The molecule has 32 heavy (non-hydrogen) atoms. The monoisotopic (exact) mass is 425 g/mol. The zero-order chi connectivity index (χ0) is 22.0. The number of hydrogen-bond donors (Lipinski definition) is 1. The molecule has 2 aliphatic heterocycles. The quantitative estimate of drug-likeness (QED) is 0.295. The molecule has 2 N–H and O–H groups in total. The van der Waals surface area contributed by atoms with Crippen LogP contribution in [0.5, 0.6) is 5.75 Å². The van der Waals surface area contributed by atoms with Crippen molar-refractivity contribution in [1.82, 2.24) is 4.90 Å². The number of carbonyl (C=O) groups excluding carboxylic acids is 1. The normalized spacial score (nSPS) is 16.4. The Labute approximate surface area is 186 Å². The van der Waals surface area contributed by atoms with Gasteiger partial charge in [-0.05, 0) is 66.8 Å². The maximum absolute atomic E-state index is 13.0. The molecule has 3 heterocycles.